The van der Waals surface area contributed by atoms with Gasteiger partial charge in [0.15, 0.2) is 0 Å². The van der Waals surface area contributed by atoms with Gasteiger partial charge in [-0.2, -0.15) is 0 Å². The highest BCUT2D eigenvalue weighted by Crippen LogP contribution is 2.24. The topological polar surface area (TPSA) is 61.0 Å². The predicted octanol–water partition coefficient (Wildman–Crippen LogP) is 2.40. The second-order valence-corrected chi connectivity index (χ2v) is 3.59. The number of rotatable bonds is 2. The molecule has 0 bridgehead atoms. The van der Waals surface area contributed by atoms with Gasteiger partial charge in [0, 0.05) is 18.5 Å². The van der Waals surface area contributed by atoms with Gasteiger partial charge < -0.3 is 0 Å². The van der Waals surface area contributed by atoms with E-state index in [9.17, 15) is 10.1 Å². The molecule has 2 rings (SSSR count). The summed E-state index contributed by atoms with van der Waals surface area (Å²) in [4.78, 5) is 14.6. The molecule has 0 fully saturated rings. The maximum atomic E-state index is 11.0. The van der Waals surface area contributed by atoms with Gasteiger partial charge in [-0.1, -0.05) is 6.07 Å². The Kier molecular flexibility index (Phi) is 2.44. The van der Waals surface area contributed by atoms with Crippen LogP contribution in [-0.2, 0) is 0 Å². The summed E-state index contributed by atoms with van der Waals surface area (Å²) in [6.45, 7) is 3.64. The first-order valence-electron chi connectivity index (χ1n) is 4.85. The van der Waals surface area contributed by atoms with Crippen LogP contribution in [0.1, 0.15) is 11.4 Å². The van der Waals surface area contributed by atoms with Crippen molar-refractivity contribution in [3.8, 4) is 5.69 Å². The second kappa shape index (κ2) is 3.77. The molecule has 0 aliphatic heterocycles. The smallest absolute Gasteiger partial charge is 0.293 e. The summed E-state index contributed by atoms with van der Waals surface area (Å²) in [7, 11) is 0. The molecule has 0 saturated heterocycles. The number of imidazole rings is 1. The SMILES string of the molecule is Cc1ccc(-n2ccnc2C)c([N+](=O)[O-])c1. The van der Waals surface area contributed by atoms with Gasteiger partial charge >= 0.3 is 0 Å². The Morgan fingerprint density at radius 1 is 1.38 bits per heavy atom. The van der Waals surface area contributed by atoms with Crippen molar-refractivity contribution >= 4 is 5.69 Å². The first kappa shape index (κ1) is 10.4. The van der Waals surface area contributed by atoms with Crippen LogP contribution in [0.4, 0.5) is 5.69 Å². The van der Waals surface area contributed by atoms with Gasteiger partial charge in [0.05, 0.1) is 4.92 Å². The lowest BCUT2D eigenvalue weighted by molar-refractivity contribution is -0.384. The maximum absolute atomic E-state index is 11.0. The van der Waals surface area contributed by atoms with Crippen LogP contribution in [0.5, 0.6) is 0 Å². The van der Waals surface area contributed by atoms with E-state index in [2.05, 4.69) is 4.98 Å². The van der Waals surface area contributed by atoms with E-state index in [4.69, 9.17) is 0 Å². The second-order valence-electron chi connectivity index (χ2n) is 3.59. The van der Waals surface area contributed by atoms with Crippen molar-refractivity contribution in [1.82, 2.24) is 9.55 Å². The van der Waals surface area contributed by atoms with Crippen molar-refractivity contribution in [2.24, 2.45) is 0 Å². The molecule has 2 aromatic rings. The fraction of sp³-hybridized carbons (Fsp3) is 0.182. The summed E-state index contributed by atoms with van der Waals surface area (Å²) in [5, 5.41) is 11.0. The number of benzene rings is 1. The number of hydrogen-bond acceptors (Lipinski definition) is 3. The molecule has 5 nitrogen and oxygen atoms in total. The number of nitrogens with zero attached hydrogens (tertiary/aromatic N) is 3. The molecule has 82 valence electrons. The molecule has 0 N–H and O–H groups in total. The third-order valence-electron chi connectivity index (χ3n) is 2.41. The average molecular weight is 217 g/mol. The predicted molar refractivity (Wildman–Crippen MR) is 59.7 cm³/mol. The zero-order valence-corrected chi connectivity index (χ0v) is 9.04. The molecular weight excluding hydrogens is 206 g/mol. The van der Waals surface area contributed by atoms with Crippen LogP contribution in [0.2, 0.25) is 0 Å². The van der Waals surface area contributed by atoms with Crippen molar-refractivity contribution < 1.29 is 4.92 Å². The molecule has 0 atom stereocenters. The van der Waals surface area contributed by atoms with Crippen LogP contribution in [0.25, 0.3) is 5.69 Å². The van der Waals surface area contributed by atoms with Crippen LogP contribution in [0.15, 0.2) is 30.6 Å². The monoisotopic (exact) mass is 217 g/mol. The number of nitro groups is 1. The summed E-state index contributed by atoms with van der Waals surface area (Å²) in [6.07, 6.45) is 3.34. The van der Waals surface area contributed by atoms with Gasteiger partial charge in [0.1, 0.15) is 11.5 Å². The van der Waals surface area contributed by atoms with E-state index < -0.39 is 0 Å². The van der Waals surface area contributed by atoms with E-state index in [0.29, 0.717) is 5.69 Å². The quantitative estimate of drug-likeness (QED) is 0.573. The van der Waals surface area contributed by atoms with Crippen LogP contribution in [0.3, 0.4) is 0 Å². The Morgan fingerprint density at radius 2 is 2.12 bits per heavy atom. The third kappa shape index (κ3) is 1.67. The van der Waals surface area contributed by atoms with Gasteiger partial charge in [-0.15, -0.1) is 0 Å². The molecule has 1 heterocycles. The average Bonchev–Trinajstić information content (AvgIpc) is 2.64. The molecule has 16 heavy (non-hydrogen) atoms. The molecule has 5 heteroatoms. The molecule has 0 amide bonds. The summed E-state index contributed by atoms with van der Waals surface area (Å²) in [6, 6.07) is 5.15. The van der Waals surface area contributed by atoms with E-state index >= 15 is 0 Å². The maximum Gasteiger partial charge on any atom is 0.293 e. The third-order valence-corrected chi connectivity index (χ3v) is 2.41. The Morgan fingerprint density at radius 3 is 2.69 bits per heavy atom. The molecule has 0 spiro atoms. The number of nitro benzene ring substituents is 1. The Balaban J connectivity index is 2.65. The molecule has 0 aliphatic carbocycles. The lowest BCUT2D eigenvalue weighted by Crippen LogP contribution is -2.01. The Hall–Kier alpha value is -2.17. The molecule has 0 radical (unpaired) electrons. The lowest BCUT2D eigenvalue weighted by Gasteiger charge is -2.06. The molecule has 1 aromatic carbocycles. The Labute approximate surface area is 92.5 Å². The van der Waals surface area contributed by atoms with E-state index in [1.165, 1.54) is 0 Å². The number of aromatic nitrogens is 2. The normalized spacial score (nSPS) is 10.4. The standard InChI is InChI=1S/C11H11N3O2/c1-8-3-4-10(11(7-8)14(15)16)13-6-5-12-9(13)2/h3-7H,1-2H3. The van der Waals surface area contributed by atoms with Gasteiger partial charge in [-0.05, 0) is 25.5 Å². The van der Waals surface area contributed by atoms with Gasteiger partial charge in [0.2, 0.25) is 0 Å². The van der Waals surface area contributed by atoms with Gasteiger partial charge in [0.25, 0.3) is 5.69 Å². The molecule has 0 saturated carbocycles. The largest absolute Gasteiger partial charge is 0.298 e. The first-order valence-corrected chi connectivity index (χ1v) is 4.85. The molecule has 1 aromatic heterocycles. The van der Waals surface area contributed by atoms with Crippen molar-refractivity contribution in [3.63, 3.8) is 0 Å². The molecular formula is C11H11N3O2. The summed E-state index contributed by atoms with van der Waals surface area (Å²) >= 11 is 0. The molecule has 0 aliphatic rings. The van der Waals surface area contributed by atoms with Crippen LogP contribution in [-0.4, -0.2) is 14.5 Å². The summed E-state index contributed by atoms with van der Waals surface area (Å²) in [5.41, 5.74) is 1.51. The highest BCUT2D eigenvalue weighted by atomic mass is 16.6. The summed E-state index contributed by atoms with van der Waals surface area (Å²) in [5.74, 6) is 0.729. The minimum absolute atomic E-state index is 0.0982. The zero-order valence-electron chi connectivity index (χ0n) is 9.04. The van der Waals surface area contributed by atoms with Crippen molar-refractivity contribution in [3.05, 3.63) is 52.1 Å². The fourth-order valence-electron chi connectivity index (χ4n) is 1.62. The van der Waals surface area contributed by atoms with E-state index in [-0.39, 0.29) is 10.6 Å². The van der Waals surface area contributed by atoms with Crippen LogP contribution in [0, 0.1) is 24.0 Å². The van der Waals surface area contributed by atoms with E-state index in [0.717, 1.165) is 11.4 Å². The minimum Gasteiger partial charge on any atom is -0.298 e. The summed E-state index contributed by atoms with van der Waals surface area (Å²) < 4.78 is 1.71. The minimum atomic E-state index is -0.373. The van der Waals surface area contributed by atoms with Gasteiger partial charge in [-0.25, -0.2) is 4.98 Å². The van der Waals surface area contributed by atoms with E-state index in [1.54, 1.807) is 29.1 Å². The van der Waals surface area contributed by atoms with E-state index in [1.807, 2.05) is 19.9 Å². The van der Waals surface area contributed by atoms with Gasteiger partial charge in [-0.3, -0.25) is 14.7 Å². The lowest BCUT2D eigenvalue weighted by atomic mass is 10.2. The Bertz CT molecular complexity index is 546. The van der Waals surface area contributed by atoms with Crippen molar-refractivity contribution in [1.29, 1.82) is 0 Å². The highest BCUT2D eigenvalue weighted by Gasteiger charge is 2.16. The number of hydrogen-bond donors (Lipinski definition) is 0. The van der Waals surface area contributed by atoms with Crippen molar-refractivity contribution in [2.75, 3.05) is 0 Å². The van der Waals surface area contributed by atoms with Crippen LogP contribution >= 0.6 is 0 Å². The zero-order chi connectivity index (χ0) is 11.7. The molecule has 0 unspecified atom stereocenters. The number of aryl methyl sites for hydroxylation is 2. The fourth-order valence-corrected chi connectivity index (χ4v) is 1.62. The first-order chi connectivity index (χ1) is 7.59. The van der Waals surface area contributed by atoms with Crippen molar-refractivity contribution in [2.45, 2.75) is 13.8 Å². The van der Waals surface area contributed by atoms with Crippen LogP contribution < -0.4 is 0 Å². The highest BCUT2D eigenvalue weighted by molar-refractivity contribution is 5.54.